The molecule has 3 unspecified atom stereocenters. The molecule has 1 N–H and O–H groups in total. The first-order valence-electron chi connectivity index (χ1n) is 8.49. The first-order chi connectivity index (χ1) is 12.5. The highest BCUT2D eigenvalue weighted by atomic mass is 19.1. The van der Waals surface area contributed by atoms with Crippen LogP contribution in [0.4, 0.5) is 4.39 Å². The molecular weight excluding hydrogens is 337 g/mol. The van der Waals surface area contributed by atoms with Crippen molar-refractivity contribution in [1.82, 2.24) is 4.90 Å². The second-order valence-electron chi connectivity index (χ2n) is 6.46. The van der Waals surface area contributed by atoms with Crippen molar-refractivity contribution >= 4 is 5.97 Å². The summed E-state index contributed by atoms with van der Waals surface area (Å²) in [4.78, 5) is 13.9. The lowest BCUT2D eigenvalue weighted by Gasteiger charge is -2.40. The largest absolute Gasteiger partial charge is 0.497 e. The molecule has 2 aromatic carbocycles. The minimum Gasteiger partial charge on any atom is -0.497 e. The number of hydrogen-bond acceptors (Lipinski definition) is 4. The number of halogens is 1. The number of methoxy groups -OCH3 is 1. The fraction of sp³-hybridized carbons (Fsp3) is 0.350. The van der Waals surface area contributed by atoms with Gasteiger partial charge in [-0.1, -0.05) is 24.3 Å². The molecule has 1 aliphatic rings. The third-order valence-corrected chi connectivity index (χ3v) is 4.54. The van der Waals surface area contributed by atoms with Gasteiger partial charge < -0.3 is 14.6 Å². The molecule has 1 heterocycles. The minimum atomic E-state index is -0.926. The summed E-state index contributed by atoms with van der Waals surface area (Å²) < 4.78 is 24.4. The Labute approximate surface area is 152 Å². The van der Waals surface area contributed by atoms with Crippen LogP contribution in [-0.2, 0) is 9.53 Å². The number of carboxylic acid groups (broad SMARTS) is 1. The summed E-state index contributed by atoms with van der Waals surface area (Å²) in [5, 5.41) is 9.85. The number of carbonyl (C=O) groups is 1. The molecule has 0 saturated carbocycles. The molecule has 3 atom stereocenters. The summed E-state index contributed by atoms with van der Waals surface area (Å²) in [5.41, 5.74) is 1.49. The van der Waals surface area contributed by atoms with Gasteiger partial charge in [0.15, 0.2) is 0 Å². The Morgan fingerprint density at radius 2 is 2.00 bits per heavy atom. The number of benzene rings is 2. The van der Waals surface area contributed by atoms with E-state index in [4.69, 9.17) is 9.47 Å². The second-order valence-corrected chi connectivity index (χ2v) is 6.46. The number of morpholine rings is 1. The van der Waals surface area contributed by atoms with Crippen LogP contribution in [-0.4, -0.2) is 42.3 Å². The van der Waals surface area contributed by atoms with Gasteiger partial charge >= 0.3 is 5.97 Å². The molecule has 1 saturated heterocycles. The molecular formula is C20H22FNO4. The number of hydrogen-bond donors (Lipinski definition) is 1. The number of ether oxygens (including phenoxy) is 2. The third kappa shape index (κ3) is 4.03. The van der Waals surface area contributed by atoms with Crippen LogP contribution in [0.1, 0.15) is 30.2 Å². The van der Waals surface area contributed by atoms with Gasteiger partial charge in [-0.3, -0.25) is 9.69 Å². The normalized spacial score (nSPS) is 22.0. The summed E-state index contributed by atoms with van der Waals surface area (Å²) >= 11 is 0. The van der Waals surface area contributed by atoms with Gasteiger partial charge in [0.05, 0.1) is 19.3 Å². The van der Waals surface area contributed by atoms with E-state index in [9.17, 15) is 14.3 Å². The van der Waals surface area contributed by atoms with Crippen LogP contribution in [0.5, 0.6) is 5.75 Å². The van der Waals surface area contributed by atoms with E-state index in [1.165, 1.54) is 12.1 Å². The van der Waals surface area contributed by atoms with Gasteiger partial charge in [-0.05, 0) is 42.3 Å². The molecule has 0 spiro atoms. The van der Waals surface area contributed by atoms with Gasteiger partial charge in [-0.25, -0.2) is 4.39 Å². The molecule has 1 aliphatic heterocycles. The molecule has 0 radical (unpaired) electrons. The number of aliphatic carboxylic acids is 1. The van der Waals surface area contributed by atoms with Crippen LogP contribution in [0.15, 0.2) is 48.5 Å². The van der Waals surface area contributed by atoms with Crippen molar-refractivity contribution in [3.63, 3.8) is 0 Å². The Kier molecular flexibility index (Phi) is 5.54. The highest BCUT2D eigenvalue weighted by molar-refractivity contribution is 5.75. The monoisotopic (exact) mass is 359 g/mol. The van der Waals surface area contributed by atoms with Crippen LogP contribution in [0.25, 0.3) is 0 Å². The molecule has 0 aromatic heterocycles. The van der Waals surface area contributed by atoms with Gasteiger partial charge in [0.25, 0.3) is 0 Å². The van der Waals surface area contributed by atoms with Crippen molar-refractivity contribution in [3.8, 4) is 5.75 Å². The smallest absolute Gasteiger partial charge is 0.325 e. The lowest BCUT2D eigenvalue weighted by molar-refractivity contribution is -0.150. The zero-order valence-electron chi connectivity index (χ0n) is 14.8. The average molecular weight is 359 g/mol. The summed E-state index contributed by atoms with van der Waals surface area (Å²) in [6.07, 6.45) is -0.460. The molecule has 138 valence electrons. The molecule has 26 heavy (non-hydrogen) atoms. The van der Waals surface area contributed by atoms with Gasteiger partial charge in [0.1, 0.15) is 17.6 Å². The summed E-state index contributed by atoms with van der Waals surface area (Å²) in [6, 6.07) is 12.4. The van der Waals surface area contributed by atoms with Crippen molar-refractivity contribution in [3.05, 3.63) is 65.5 Å². The fourth-order valence-electron chi connectivity index (χ4n) is 3.38. The predicted molar refractivity (Wildman–Crippen MR) is 94.6 cm³/mol. The van der Waals surface area contributed by atoms with E-state index in [0.29, 0.717) is 24.4 Å². The van der Waals surface area contributed by atoms with E-state index in [2.05, 4.69) is 0 Å². The molecule has 3 rings (SSSR count). The van der Waals surface area contributed by atoms with Crippen LogP contribution in [0.3, 0.4) is 0 Å². The Bertz CT molecular complexity index is 765. The van der Waals surface area contributed by atoms with E-state index in [1.54, 1.807) is 43.5 Å². The number of nitrogens with zero attached hydrogens (tertiary/aromatic N) is 1. The quantitative estimate of drug-likeness (QED) is 0.886. The first kappa shape index (κ1) is 18.4. The van der Waals surface area contributed by atoms with Gasteiger partial charge in [0, 0.05) is 13.1 Å². The van der Waals surface area contributed by atoms with Gasteiger partial charge in [-0.2, -0.15) is 0 Å². The van der Waals surface area contributed by atoms with E-state index in [0.717, 1.165) is 5.56 Å². The Hall–Kier alpha value is -2.44. The first-order valence-corrected chi connectivity index (χ1v) is 8.49. The van der Waals surface area contributed by atoms with E-state index in [1.807, 2.05) is 11.8 Å². The fourth-order valence-corrected chi connectivity index (χ4v) is 3.38. The second kappa shape index (κ2) is 7.85. The summed E-state index contributed by atoms with van der Waals surface area (Å²) in [7, 11) is 1.55. The maximum absolute atomic E-state index is 13.2. The lowest BCUT2D eigenvalue weighted by atomic mass is 10.0. The highest BCUT2D eigenvalue weighted by Crippen LogP contribution is 2.32. The number of carboxylic acids is 1. The van der Waals surface area contributed by atoms with Gasteiger partial charge in [0.2, 0.25) is 0 Å². The van der Waals surface area contributed by atoms with Crippen molar-refractivity contribution in [2.45, 2.75) is 25.2 Å². The zero-order chi connectivity index (χ0) is 18.7. The minimum absolute atomic E-state index is 0.147. The third-order valence-electron chi connectivity index (χ3n) is 4.54. The SMILES string of the molecule is COc1cccc(C(C(=O)O)N2CC(C)OC(c3ccc(F)cc3)C2)c1. The highest BCUT2D eigenvalue weighted by Gasteiger charge is 2.35. The Morgan fingerprint density at radius 3 is 2.65 bits per heavy atom. The maximum Gasteiger partial charge on any atom is 0.325 e. The van der Waals surface area contributed by atoms with E-state index >= 15 is 0 Å². The topological polar surface area (TPSA) is 59.0 Å². The maximum atomic E-state index is 13.2. The molecule has 0 aliphatic carbocycles. The van der Waals surface area contributed by atoms with Crippen molar-refractivity contribution < 1.29 is 23.8 Å². The lowest BCUT2D eigenvalue weighted by Crippen LogP contribution is -2.46. The van der Waals surface area contributed by atoms with Crippen molar-refractivity contribution in [1.29, 1.82) is 0 Å². The predicted octanol–water partition coefficient (Wildman–Crippen LogP) is 3.42. The summed E-state index contributed by atoms with van der Waals surface area (Å²) in [5.74, 6) is -0.621. The molecule has 1 fully saturated rings. The molecule has 6 heteroatoms. The summed E-state index contributed by atoms with van der Waals surface area (Å²) in [6.45, 7) is 2.81. The van der Waals surface area contributed by atoms with Crippen molar-refractivity contribution in [2.75, 3.05) is 20.2 Å². The molecule has 5 nitrogen and oxygen atoms in total. The number of rotatable bonds is 5. The van der Waals surface area contributed by atoms with Crippen LogP contribution in [0.2, 0.25) is 0 Å². The average Bonchev–Trinajstić information content (AvgIpc) is 2.62. The Balaban J connectivity index is 1.88. The van der Waals surface area contributed by atoms with Gasteiger partial charge in [-0.15, -0.1) is 0 Å². The van der Waals surface area contributed by atoms with E-state index < -0.39 is 12.0 Å². The van der Waals surface area contributed by atoms with Crippen molar-refractivity contribution in [2.24, 2.45) is 0 Å². The Morgan fingerprint density at radius 1 is 1.27 bits per heavy atom. The zero-order valence-corrected chi connectivity index (χ0v) is 14.8. The standard InChI is InChI=1S/C20H22FNO4/c1-13-11-22(12-18(26-13)14-6-8-16(21)9-7-14)19(20(23)24)15-4-3-5-17(10-15)25-2/h3-10,13,18-19H,11-12H2,1-2H3,(H,23,24). The molecule has 0 bridgehead atoms. The van der Waals surface area contributed by atoms with Crippen LogP contribution < -0.4 is 4.74 Å². The van der Waals surface area contributed by atoms with Crippen LogP contribution in [0, 0.1) is 5.82 Å². The molecule has 2 aromatic rings. The van der Waals surface area contributed by atoms with Crippen LogP contribution >= 0.6 is 0 Å². The van der Waals surface area contributed by atoms with E-state index in [-0.39, 0.29) is 18.0 Å². The molecule has 0 amide bonds.